The molecule has 1 aliphatic rings. The molecule has 0 spiro atoms. The molecule has 0 aliphatic carbocycles. The van der Waals surface area contributed by atoms with Crippen LogP contribution in [-0.4, -0.2) is 29.7 Å². The fraction of sp³-hybridized carbons (Fsp3) is 0.136. The first-order chi connectivity index (χ1) is 13.8. The van der Waals surface area contributed by atoms with E-state index in [1.165, 1.54) is 19.1 Å². The molecule has 2 N–H and O–H groups in total. The Morgan fingerprint density at radius 3 is 2.52 bits per heavy atom. The third-order valence-electron chi connectivity index (χ3n) is 4.61. The normalized spacial score (nSPS) is 16.7. The molecule has 2 aromatic carbocycles. The van der Waals surface area contributed by atoms with Crippen LogP contribution in [0.3, 0.4) is 0 Å². The van der Waals surface area contributed by atoms with Crippen LogP contribution in [0.15, 0.2) is 54.6 Å². The minimum absolute atomic E-state index is 0.0765. The zero-order chi connectivity index (χ0) is 21.1. The van der Waals surface area contributed by atoms with Gasteiger partial charge in [-0.05, 0) is 42.8 Å². The first-order valence-electron chi connectivity index (χ1n) is 8.78. The van der Waals surface area contributed by atoms with Gasteiger partial charge in [0.25, 0.3) is 0 Å². The summed E-state index contributed by atoms with van der Waals surface area (Å²) in [5, 5.41) is 19.7. The van der Waals surface area contributed by atoms with Crippen molar-refractivity contribution in [3.63, 3.8) is 0 Å². The molecular formula is C22H18F2N4O. The molecule has 5 nitrogen and oxygen atoms in total. The zero-order valence-corrected chi connectivity index (χ0v) is 15.8. The summed E-state index contributed by atoms with van der Waals surface area (Å²) in [5.41, 5.74) is 2.26. The minimum Gasteiger partial charge on any atom is -0.350 e. The SMILES string of the molecule is CC(=N)C(=CC1NC(=O)C=C(c2ccc(C#N)cc2)N1C)c1ccc(F)cc1F. The topological polar surface area (TPSA) is 80.0 Å². The van der Waals surface area contributed by atoms with Crippen LogP contribution in [0.5, 0.6) is 0 Å². The van der Waals surface area contributed by atoms with E-state index in [0.717, 1.165) is 17.7 Å². The molecule has 1 unspecified atom stereocenters. The van der Waals surface area contributed by atoms with Gasteiger partial charge >= 0.3 is 0 Å². The van der Waals surface area contributed by atoms with Crippen LogP contribution in [0, 0.1) is 28.4 Å². The van der Waals surface area contributed by atoms with E-state index in [-0.39, 0.29) is 22.8 Å². The smallest absolute Gasteiger partial charge is 0.247 e. The number of carbonyl (C=O) groups is 1. The van der Waals surface area contributed by atoms with E-state index >= 15 is 0 Å². The standard InChI is InChI=1S/C22H18F2N4O/c1-13(26)18(17-8-7-16(23)9-19(17)24)10-21-27-22(29)11-20(28(21)2)15-5-3-14(12-25)4-6-15/h3-11,21,26H,1-2H3,(H,27,29). The monoisotopic (exact) mass is 392 g/mol. The first kappa shape index (κ1) is 20.0. The van der Waals surface area contributed by atoms with Gasteiger partial charge in [-0.2, -0.15) is 5.26 Å². The maximum Gasteiger partial charge on any atom is 0.247 e. The lowest BCUT2D eigenvalue weighted by molar-refractivity contribution is -0.118. The number of halogens is 2. The highest BCUT2D eigenvalue weighted by Crippen LogP contribution is 2.26. The number of nitriles is 1. The minimum atomic E-state index is -0.782. The summed E-state index contributed by atoms with van der Waals surface area (Å²) in [6.45, 7) is 1.50. The Kier molecular flexibility index (Phi) is 5.55. The second-order valence-electron chi connectivity index (χ2n) is 6.61. The number of nitrogens with zero attached hydrogens (tertiary/aromatic N) is 2. The van der Waals surface area contributed by atoms with Gasteiger partial charge in [-0.1, -0.05) is 12.1 Å². The van der Waals surface area contributed by atoms with E-state index in [4.69, 9.17) is 10.7 Å². The maximum atomic E-state index is 14.3. The highest BCUT2D eigenvalue weighted by Gasteiger charge is 2.25. The van der Waals surface area contributed by atoms with Crippen molar-refractivity contribution >= 4 is 22.9 Å². The molecule has 0 bridgehead atoms. The summed E-state index contributed by atoms with van der Waals surface area (Å²) < 4.78 is 27.6. The Hall–Kier alpha value is -3.79. The number of amides is 1. The molecule has 7 heteroatoms. The van der Waals surface area contributed by atoms with Crippen LogP contribution in [0.2, 0.25) is 0 Å². The average Bonchev–Trinajstić information content (AvgIpc) is 2.69. The van der Waals surface area contributed by atoms with Gasteiger partial charge in [-0.25, -0.2) is 8.78 Å². The molecule has 146 valence electrons. The number of hydrogen-bond acceptors (Lipinski definition) is 4. The van der Waals surface area contributed by atoms with Gasteiger partial charge in [0, 0.05) is 36.0 Å². The van der Waals surface area contributed by atoms with E-state index in [1.807, 2.05) is 6.07 Å². The summed E-state index contributed by atoms with van der Waals surface area (Å²) in [6.07, 6.45) is 2.34. The van der Waals surface area contributed by atoms with E-state index in [9.17, 15) is 13.6 Å². The first-order valence-corrected chi connectivity index (χ1v) is 8.78. The summed E-state index contributed by atoms with van der Waals surface area (Å²) in [4.78, 5) is 14.0. The Bertz CT molecular complexity index is 1080. The Morgan fingerprint density at radius 2 is 1.93 bits per heavy atom. The number of allylic oxidation sites excluding steroid dienone is 1. The van der Waals surface area contributed by atoms with Gasteiger partial charge in [0.1, 0.15) is 17.8 Å². The molecule has 29 heavy (non-hydrogen) atoms. The van der Waals surface area contributed by atoms with Gasteiger partial charge in [0.15, 0.2) is 0 Å². The van der Waals surface area contributed by atoms with Crippen LogP contribution < -0.4 is 5.32 Å². The molecular weight excluding hydrogens is 374 g/mol. The third-order valence-corrected chi connectivity index (χ3v) is 4.61. The molecule has 0 saturated carbocycles. The highest BCUT2D eigenvalue weighted by atomic mass is 19.1. The molecule has 3 rings (SSSR count). The summed E-state index contributed by atoms with van der Waals surface area (Å²) >= 11 is 0. The Labute approximate surface area is 167 Å². The maximum absolute atomic E-state index is 14.3. The lowest BCUT2D eigenvalue weighted by Gasteiger charge is -2.34. The summed E-state index contributed by atoms with van der Waals surface area (Å²) in [6, 6.07) is 12.0. The molecule has 0 aromatic heterocycles. The van der Waals surface area contributed by atoms with Crippen molar-refractivity contribution in [2.45, 2.75) is 13.1 Å². The van der Waals surface area contributed by atoms with Crippen LogP contribution in [0.25, 0.3) is 11.3 Å². The highest BCUT2D eigenvalue weighted by molar-refractivity contribution is 6.21. The Balaban J connectivity index is 2.00. The van der Waals surface area contributed by atoms with Gasteiger partial charge < -0.3 is 15.6 Å². The molecule has 1 amide bonds. The molecule has 2 aromatic rings. The molecule has 0 fully saturated rings. The van der Waals surface area contributed by atoms with Gasteiger partial charge in [-0.3, -0.25) is 4.79 Å². The quantitative estimate of drug-likeness (QED) is 0.779. The number of rotatable bonds is 4. The summed E-state index contributed by atoms with van der Waals surface area (Å²) in [5.74, 6) is -1.83. The molecule has 0 saturated heterocycles. The van der Waals surface area contributed by atoms with Crippen molar-refractivity contribution in [3.8, 4) is 6.07 Å². The van der Waals surface area contributed by atoms with Crippen LogP contribution in [-0.2, 0) is 4.79 Å². The van der Waals surface area contributed by atoms with E-state index in [2.05, 4.69) is 5.32 Å². The van der Waals surface area contributed by atoms with Gasteiger partial charge in [0.05, 0.1) is 17.3 Å². The lowest BCUT2D eigenvalue weighted by atomic mass is 9.99. The van der Waals surface area contributed by atoms with Crippen LogP contribution in [0.1, 0.15) is 23.6 Å². The average molecular weight is 392 g/mol. The third kappa shape index (κ3) is 4.22. The predicted molar refractivity (Wildman–Crippen MR) is 107 cm³/mol. The van der Waals surface area contributed by atoms with E-state index < -0.39 is 17.8 Å². The van der Waals surface area contributed by atoms with Crippen molar-refractivity contribution in [3.05, 3.63) is 82.9 Å². The number of likely N-dealkylation sites (N-methyl/N-ethyl adjacent to an activating group) is 1. The van der Waals surface area contributed by atoms with Crippen LogP contribution >= 0.6 is 0 Å². The zero-order valence-electron chi connectivity index (χ0n) is 15.8. The van der Waals surface area contributed by atoms with Gasteiger partial charge in [-0.15, -0.1) is 0 Å². The molecule has 1 aliphatic heterocycles. The van der Waals surface area contributed by atoms with Crippen LogP contribution in [0.4, 0.5) is 8.78 Å². The van der Waals surface area contributed by atoms with Gasteiger partial charge in [0.2, 0.25) is 5.91 Å². The van der Waals surface area contributed by atoms with Crippen molar-refractivity contribution < 1.29 is 13.6 Å². The number of hydrogen-bond donors (Lipinski definition) is 2. The van der Waals surface area contributed by atoms with E-state index in [1.54, 1.807) is 42.3 Å². The second-order valence-corrected chi connectivity index (χ2v) is 6.61. The molecule has 1 atom stereocenters. The summed E-state index contributed by atoms with van der Waals surface area (Å²) in [7, 11) is 1.75. The number of nitrogens with one attached hydrogen (secondary N) is 2. The second kappa shape index (κ2) is 8.07. The lowest BCUT2D eigenvalue weighted by Crippen LogP contribution is -2.47. The predicted octanol–water partition coefficient (Wildman–Crippen LogP) is 3.69. The molecule has 1 heterocycles. The fourth-order valence-electron chi connectivity index (χ4n) is 3.10. The van der Waals surface area contributed by atoms with E-state index in [0.29, 0.717) is 11.3 Å². The van der Waals surface area contributed by atoms with Crippen molar-refractivity contribution in [2.24, 2.45) is 0 Å². The Morgan fingerprint density at radius 1 is 1.24 bits per heavy atom. The fourth-order valence-corrected chi connectivity index (χ4v) is 3.10. The molecule has 0 radical (unpaired) electrons. The van der Waals surface area contributed by atoms with Crippen molar-refractivity contribution in [1.29, 1.82) is 10.7 Å². The van der Waals surface area contributed by atoms with Crippen molar-refractivity contribution in [2.75, 3.05) is 7.05 Å². The van der Waals surface area contributed by atoms with Crippen molar-refractivity contribution in [1.82, 2.24) is 10.2 Å². The largest absolute Gasteiger partial charge is 0.350 e. The number of benzene rings is 2. The number of carbonyl (C=O) groups excluding carboxylic acids is 1.